The van der Waals surface area contributed by atoms with Gasteiger partial charge in [0.05, 0.1) is 23.5 Å². The largest absolute Gasteiger partial charge is 0.848 e. The van der Waals surface area contributed by atoms with E-state index in [1.165, 1.54) is 11.3 Å². The highest BCUT2D eigenvalue weighted by Gasteiger charge is 2.42. The van der Waals surface area contributed by atoms with Crippen molar-refractivity contribution in [2.24, 2.45) is 0 Å². The molecule has 1 atom stereocenters. The molecule has 0 aliphatic carbocycles. The normalized spacial score (nSPS) is 17.8. The Bertz CT molecular complexity index is 1160. The molecule has 2 aliphatic rings. The van der Waals surface area contributed by atoms with Crippen LogP contribution in [0.5, 0.6) is 5.88 Å². The lowest BCUT2D eigenvalue weighted by Gasteiger charge is -2.28. The summed E-state index contributed by atoms with van der Waals surface area (Å²) in [5, 5.41) is 13.9. The summed E-state index contributed by atoms with van der Waals surface area (Å²) < 4.78 is 3.80. The number of aromatic nitrogens is 3. The van der Waals surface area contributed by atoms with E-state index in [0.717, 1.165) is 17.8 Å². The monoisotopic (exact) mass is 454 g/mol. The van der Waals surface area contributed by atoms with Gasteiger partial charge in [0.1, 0.15) is 12.6 Å². The number of halogens is 3. The van der Waals surface area contributed by atoms with E-state index in [4.69, 9.17) is 34.8 Å². The van der Waals surface area contributed by atoms with Gasteiger partial charge in [0.2, 0.25) is 0 Å². The van der Waals surface area contributed by atoms with Crippen LogP contribution in [0.2, 0.25) is 14.5 Å². The van der Waals surface area contributed by atoms with Crippen molar-refractivity contribution in [2.75, 3.05) is 18.0 Å². The van der Waals surface area contributed by atoms with Crippen molar-refractivity contribution in [3.8, 4) is 17.0 Å². The number of hydrogen-bond donors (Lipinski definition) is 0. The van der Waals surface area contributed by atoms with Crippen LogP contribution >= 0.6 is 46.1 Å². The zero-order valence-corrected chi connectivity index (χ0v) is 17.4. The molecule has 0 spiro atoms. The van der Waals surface area contributed by atoms with Crippen LogP contribution in [0.15, 0.2) is 29.2 Å². The maximum absolute atomic E-state index is 13.6. The summed E-state index contributed by atoms with van der Waals surface area (Å²) >= 11 is 19.6. The topological polar surface area (TPSA) is 65.1 Å². The van der Waals surface area contributed by atoms with Gasteiger partial charge < -0.3 is 5.11 Å². The summed E-state index contributed by atoms with van der Waals surface area (Å²) in [6.45, 7) is 2.00. The number of nitrogens with zero attached hydrogens (tertiary/aromatic N) is 4. The van der Waals surface area contributed by atoms with E-state index < -0.39 is 0 Å². The molecule has 0 fully saturated rings. The highest BCUT2D eigenvalue weighted by Crippen LogP contribution is 2.36. The first-order valence-corrected chi connectivity index (χ1v) is 10.6. The van der Waals surface area contributed by atoms with E-state index in [1.54, 1.807) is 33.5 Å². The van der Waals surface area contributed by atoms with E-state index in [2.05, 4.69) is 9.88 Å². The molecule has 0 saturated carbocycles. The van der Waals surface area contributed by atoms with E-state index in [-0.39, 0.29) is 23.0 Å². The predicted octanol–water partition coefficient (Wildman–Crippen LogP) is 3.11. The van der Waals surface area contributed by atoms with Gasteiger partial charge in [-0.3, -0.25) is 9.69 Å². The first kappa shape index (κ1) is 18.2. The molecular formula is C18H13Cl3N4O2S. The van der Waals surface area contributed by atoms with Crippen molar-refractivity contribution in [1.29, 1.82) is 0 Å². The minimum atomic E-state index is -0.351. The summed E-state index contributed by atoms with van der Waals surface area (Å²) in [5.74, 6) is 0.327. The molecule has 0 N–H and O–H groups in total. The van der Waals surface area contributed by atoms with Crippen LogP contribution in [0.3, 0.4) is 0 Å². The molecule has 5 rings (SSSR count). The van der Waals surface area contributed by atoms with E-state index in [1.807, 2.05) is 0 Å². The summed E-state index contributed by atoms with van der Waals surface area (Å²) in [4.78, 5) is 20.7. The predicted molar refractivity (Wildman–Crippen MR) is 108 cm³/mol. The number of hydrogen-bond acceptors (Lipinski definition) is 5. The third-order valence-corrected chi connectivity index (χ3v) is 6.84. The first-order chi connectivity index (χ1) is 13.4. The third-order valence-electron chi connectivity index (χ3n) is 5.18. The number of thiazole rings is 1. The first-order valence-electron chi connectivity index (χ1n) is 8.66. The Hall–Kier alpha value is -1.80. The summed E-state index contributed by atoms with van der Waals surface area (Å²) in [5.41, 5.74) is 0.157. The Morgan fingerprint density at radius 1 is 1.14 bits per heavy atom. The average Bonchev–Trinajstić information content (AvgIpc) is 3.25. The van der Waals surface area contributed by atoms with E-state index in [0.29, 0.717) is 39.1 Å². The van der Waals surface area contributed by atoms with Crippen LogP contribution in [0, 0.1) is 0 Å². The third kappa shape index (κ3) is 2.72. The molecule has 3 aromatic rings. The Kier molecular flexibility index (Phi) is 4.32. The highest BCUT2D eigenvalue weighted by molar-refractivity contribution is 7.15. The van der Waals surface area contributed by atoms with Gasteiger partial charge in [-0.15, -0.1) is 11.3 Å². The highest BCUT2D eigenvalue weighted by atomic mass is 35.5. The van der Waals surface area contributed by atoms with Crippen LogP contribution in [-0.4, -0.2) is 22.6 Å². The van der Waals surface area contributed by atoms with E-state index >= 15 is 0 Å². The lowest BCUT2D eigenvalue weighted by molar-refractivity contribution is -0.721. The molecule has 1 unspecified atom stereocenters. The van der Waals surface area contributed by atoms with Crippen molar-refractivity contribution in [3.05, 3.63) is 54.1 Å². The van der Waals surface area contributed by atoms with Gasteiger partial charge in [0, 0.05) is 28.5 Å². The van der Waals surface area contributed by atoms with Crippen LogP contribution in [0.1, 0.15) is 17.3 Å². The molecule has 1 aromatic carbocycles. The smallest absolute Gasteiger partial charge is 0.362 e. The maximum atomic E-state index is 13.6. The number of rotatable bonds is 2. The Balaban J connectivity index is 1.81. The zero-order chi connectivity index (χ0) is 19.6. The molecule has 28 heavy (non-hydrogen) atoms. The molecule has 0 bridgehead atoms. The van der Waals surface area contributed by atoms with Gasteiger partial charge in [-0.1, -0.05) is 34.8 Å². The second-order valence-corrected chi connectivity index (χ2v) is 9.29. The summed E-state index contributed by atoms with van der Waals surface area (Å²) in [6, 6.07) is 4.55. The van der Waals surface area contributed by atoms with Crippen molar-refractivity contribution in [2.45, 2.75) is 19.0 Å². The number of anilines is 1. The van der Waals surface area contributed by atoms with Crippen LogP contribution in [-0.2, 0) is 6.54 Å². The lowest BCUT2D eigenvalue weighted by atomic mass is 10.1. The standard InChI is InChI=1S/C18H13Cl3N4O2S/c19-10-5-9(6-11(20)7-10)14-15(26)24-4-3-23-2-1-12(13-8-22-17(21)28-13)25(16(14)27)18(23)24/h5-8,12H,1-4H2. The molecule has 4 heterocycles. The molecule has 2 aliphatic heterocycles. The second kappa shape index (κ2) is 6.62. The molecule has 0 saturated heterocycles. The van der Waals surface area contributed by atoms with E-state index in [9.17, 15) is 9.90 Å². The van der Waals surface area contributed by atoms with Gasteiger partial charge in [0.15, 0.2) is 4.47 Å². The minimum Gasteiger partial charge on any atom is -0.848 e. The molecule has 144 valence electrons. The quantitative estimate of drug-likeness (QED) is 0.557. The SMILES string of the molecule is O=c1c(-c2cc(Cl)cc(Cl)c2)c([O-])n2c3[n+]1C(c1cnc(Cl)s1)CCN3CC2. The van der Waals surface area contributed by atoms with Crippen molar-refractivity contribution < 1.29 is 9.67 Å². The fourth-order valence-electron chi connectivity index (χ4n) is 4.04. The molecular weight excluding hydrogens is 443 g/mol. The second-order valence-electron chi connectivity index (χ2n) is 6.77. The van der Waals surface area contributed by atoms with Gasteiger partial charge in [0.25, 0.3) is 0 Å². The Morgan fingerprint density at radius 2 is 1.89 bits per heavy atom. The summed E-state index contributed by atoms with van der Waals surface area (Å²) in [7, 11) is 0. The fraction of sp³-hybridized carbons (Fsp3) is 0.278. The molecule has 0 radical (unpaired) electrons. The molecule has 0 amide bonds. The maximum Gasteiger partial charge on any atom is 0.362 e. The van der Waals surface area contributed by atoms with Gasteiger partial charge in [-0.2, -0.15) is 4.57 Å². The van der Waals surface area contributed by atoms with Gasteiger partial charge in [-0.25, -0.2) is 9.55 Å². The summed E-state index contributed by atoms with van der Waals surface area (Å²) in [6.07, 6.45) is 2.44. The number of benzene rings is 1. The van der Waals surface area contributed by atoms with Gasteiger partial charge in [-0.05, 0) is 23.8 Å². The van der Waals surface area contributed by atoms with Crippen LogP contribution in [0.25, 0.3) is 11.1 Å². The zero-order valence-electron chi connectivity index (χ0n) is 14.4. The van der Waals surface area contributed by atoms with Crippen molar-refractivity contribution >= 4 is 52.1 Å². The Morgan fingerprint density at radius 3 is 2.57 bits per heavy atom. The van der Waals surface area contributed by atoms with Crippen molar-refractivity contribution in [3.63, 3.8) is 0 Å². The average molecular weight is 456 g/mol. The molecule has 10 heteroatoms. The Labute approximate surface area is 179 Å². The molecule has 2 aromatic heterocycles. The lowest BCUT2D eigenvalue weighted by Crippen LogP contribution is -2.61. The van der Waals surface area contributed by atoms with Crippen LogP contribution in [0.4, 0.5) is 5.95 Å². The van der Waals surface area contributed by atoms with Crippen LogP contribution < -0.4 is 20.1 Å². The molecule has 6 nitrogen and oxygen atoms in total. The minimum absolute atomic E-state index is 0.0810. The van der Waals surface area contributed by atoms with Gasteiger partial charge >= 0.3 is 11.5 Å². The fourth-order valence-corrected chi connectivity index (χ4v) is 5.64. The van der Waals surface area contributed by atoms with Crippen molar-refractivity contribution in [1.82, 2.24) is 9.55 Å².